The second kappa shape index (κ2) is 8.54. The number of benzene rings is 2. The lowest BCUT2D eigenvalue weighted by Crippen LogP contribution is -2.43. The van der Waals surface area contributed by atoms with Crippen LogP contribution in [0.15, 0.2) is 48.5 Å². The largest absolute Gasteiger partial charge is 0.494 e. The molecular weight excluding hydrogens is 410 g/mol. The number of nitrogens with one attached hydrogen (secondary N) is 3. The minimum atomic E-state index is -0.995. The van der Waals surface area contributed by atoms with Crippen LogP contribution in [-0.4, -0.2) is 40.7 Å². The van der Waals surface area contributed by atoms with Crippen LogP contribution >= 0.6 is 0 Å². The average molecular weight is 433 g/mol. The molecule has 1 atom stereocenters. The zero-order valence-electron chi connectivity index (χ0n) is 17.9. The van der Waals surface area contributed by atoms with Crippen molar-refractivity contribution in [3.63, 3.8) is 0 Å². The number of rotatable bonds is 5. The first-order valence-corrected chi connectivity index (χ1v) is 10.1. The fourth-order valence-electron chi connectivity index (χ4n) is 3.66. The van der Waals surface area contributed by atoms with Crippen LogP contribution in [0.25, 0.3) is 5.69 Å². The van der Waals surface area contributed by atoms with Crippen LogP contribution in [-0.2, 0) is 9.59 Å². The van der Waals surface area contributed by atoms with Crippen molar-refractivity contribution in [2.45, 2.75) is 26.3 Å². The highest BCUT2D eigenvalue weighted by atomic mass is 16.5. The van der Waals surface area contributed by atoms with E-state index in [1.165, 1.54) is 0 Å². The maximum Gasteiger partial charge on any atom is 0.254 e. The highest BCUT2D eigenvalue weighted by Crippen LogP contribution is 2.28. The Hall–Kier alpha value is -4.14. The Balaban J connectivity index is 1.48. The number of carbonyl (C=O) groups is 3. The molecule has 9 nitrogen and oxygen atoms in total. The highest BCUT2D eigenvalue weighted by Gasteiger charge is 2.29. The number of ether oxygens (including phenoxy) is 1. The van der Waals surface area contributed by atoms with Gasteiger partial charge in [0.1, 0.15) is 17.5 Å². The van der Waals surface area contributed by atoms with Crippen LogP contribution in [0.1, 0.15) is 28.2 Å². The molecule has 0 radical (unpaired) electrons. The molecule has 2 aromatic carbocycles. The Morgan fingerprint density at radius 2 is 1.94 bits per heavy atom. The second-order valence-electron chi connectivity index (χ2n) is 7.54. The fraction of sp³-hybridized carbons (Fsp3) is 0.217. The van der Waals surface area contributed by atoms with Gasteiger partial charge in [-0.3, -0.25) is 14.4 Å². The number of hydrogen-bond donors (Lipinski definition) is 3. The molecule has 32 heavy (non-hydrogen) atoms. The predicted molar refractivity (Wildman–Crippen MR) is 119 cm³/mol. The van der Waals surface area contributed by atoms with E-state index in [1.807, 2.05) is 19.9 Å². The van der Waals surface area contributed by atoms with Crippen LogP contribution < -0.4 is 20.7 Å². The molecule has 4 rings (SSSR count). The normalized spacial score (nSPS) is 15.3. The predicted octanol–water partition coefficient (Wildman–Crippen LogP) is 2.58. The maximum absolute atomic E-state index is 12.6. The van der Waals surface area contributed by atoms with Crippen LogP contribution in [0.2, 0.25) is 0 Å². The molecule has 0 fully saturated rings. The molecule has 2 heterocycles. The molecule has 1 aliphatic rings. The van der Waals surface area contributed by atoms with Gasteiger partial charge in [-0.25, -0.2) is 4.68 Å². The Morgan fingerprint density at radius 1 is 1.16 bits per heavy atom. The number of carbonyl (C=O) groups excluding carboxylic acids is 3. The molecule has 0 saturated carbocycles. The molecule has 3 amide bonds. The van der Waals surface area contributed by atoms with Gasteiger partial charge in [0, 0.05) is 17.4 Å². The first-order chi connectivity index (χ1) is 15.4. The summed E-state index contributed by atoms with van der Waals surface area (Å²) in [5.74, 6) is -0.745. The average Bonchev–Trinajstić information content (AvgIpc) is 3.05. The van der Waals surface area contributed by atoms with Crippen molar-refractivity contribution in [3.8, 4) is 11.4 Å². The van der Waals surface area contributed by atoms with Crippen LogP contribution in [0.4, 0.5) is 11.4 Å². The van der Waals surface area contributed by atoms with Crippen molar-refractivity contribution in [2.75, 3.05) is 17.7 Å². The summed E-state index contributed by atoms with van der Waals surface area (Å²) in [5.41, 5.74) is 3.85. The summed E-state index contributed by atoms with van der Waals surface area (Å²) in [7, 11) is 1.54. The van der Waals surface area contributed by atoms with Crippen molar-refractivity contribution < 1.29 is 19.1 Å². The number of aryl methyl sites for hydroxylation is 2. The van der Waals surface area contributed by atoms with E-state index in [-0.39, 0.29) is 6.42 Å². The van der Waals surface area contributed by atoms with Gasteiger partial charge in [-0.2, -0.15) is 5.10 Å². The molecule has 1 aromatic heterocycles. The van der Waals surface area contributed by atoms with E-state index in [0.29, 0.717) is 22.7 Å². The molecule has 0 bridgehead atoms. The Bertz CT molecular complexity index is 1220. The molecule has 0 saturated heterocycles. The topological polar surface area (TPSA) is 114 Å². The third-order valence-corrected chi connectivity index (χ3v) is 5.14. The van der Waals surface area contributed by atoms with Crippen LogP contribution in [0.5, 0.6) is 5.75 Å². The van der Waals surface area contributed by atoms with Crippen molar-refractivity contribution in [3.05, 3.63) is 65.5 Å². The molecule has 0 aliphatic carbocycles. The quantitative estimate of drug-likeness (QED) is 0.572. The molecule has 164 valence electrons. The van der Waals surface area contributed by atoms with E-state index in [0.717, 1.165) is 17.1 Å². The number of nitrogens with zero attached hydrogens (tertiary/aromatic N) is 2. The molecule has 1 aliphatic heterocycles. The summed E-state index contributed by atoms with van der Waals surface area (Å²) in [6.07, 6.45) is -0.215. The summed E-state index contributed by atoms with van der Waals surface area (Å²) < 4.78 is 7.25. The van der Waals surface area contributed by atoms with Gasteiger partial charge in [0.05, 0.1) is 30.5 Å². The van der Waals surface area contributed by atoms with Gasteiger partial charge in [-0.05, 0) is 44.2 Å². The van der Waals surface area contributed by atoms with Gasteiger partial charge in [0.25, 0.3) is 5.91 Å². The van der Waals surface area contributed by atoms with E-state index in [9.17, 15) is 14.4 Å². The zero-order valence-corrected chi connectivity index (χ0v) is 17.9. The van der Waals surface area contributed by atoms with E-state index in [4.69, 9.17) is 4.74 Å². The third kappa shape index (κ3) is 4.18. The van der Waals surface area contributed by atoms with Crippen molar-refractivity contribution >= 4 is 29.1 Å². The SMILES string of the molecule is COc1cc(NC(=O)C[C@@H]2NC(=O)c3ccccc3NC2=O)ccc1-n1nc(C)cc1C. The number of anilines is 2. The van der Waals surface area contributed by atoms with Crippen molar-refractivity contribution in [2.24, 2.45) is 0 Å². The monoisotopic (exact) mass is 433 g/mol. The summed E-state index contributed by atoms with van der Waals surface area (Å²) in [6, 6.07) is 12.9. The van der Waals surface area contributed by atoms with Gasteiger partial charge >= 0.3 is 0 Å². The Morgan fingerprint density at radius 3 is 2.66 bits per heavy atom. The van der Waals surface area contributed by atoms with Gasteiger partial charge in [-0.15, -0.1) is 0 Å². The van der Waals surface area contributed by atoms with Crippen LogP contribution in [0.3, 0.4) is 0 Å². The number of amides is 3. The first kappa shape index (κ1) is 21.1. The number of aromatic nitrogens is 2. The van der Waals surface area contributed by atoms with Crippen molar-refractivity contribution in [1.29, 1.82) is 0 Å². The molecule has 9 heteroatoms. The second-order valence-corrected chi connectivity index (χ2v) is 7.54. The molecule has 0 unspecified atom stereocenters. The minimum Gasteiger partial charge on any atom is -0.494 e. The number of para-hydroxylation sites is 1. The molecular formula is C23H23N5O4. The van der Waals surface area contributed by atoms with Crippen LogP contribution in [0, 0.1) is 13.8 Å². The summed E-state index contributed by atoms with van der Waals surface area (Å²) in [5, 5.41) is 12.5. The molecule has 0 spiro atoms. The molecule has 3 N–H and O–H groups in total. The minimum absolute atomic E-state index is 0.215. The lowest BCUT2D eigenvalue weighted by atomic mass is 10.1. The van der Waals surface area contributed by atoms with E-state index in [2.05, 4.69) is 21.0 Å². The van der Waals surface area contributed by atoms with Gasteiger partial charge in [-0.1, -0.05) is 12.1 Å². The van der Waals surface area contributed by atoms with Gasteiger partial charge in [0.2, 0.25) is 11.8 Å². The Kier molecular flexibility index (Phi) is 5.63. The summed E-state index contributed by atoms with van der Waals surface area (Å²) in [4.78, 5) is 37.6. The van der Waals surface area contributed by atoms with E-state index >= 15 is 0 Å². The third-order valence-electron chi connectivity index (χ3n) is 5.14. The number of hydrogen-bond acceptors (Lipinski definition) is 5. The summed E-state index contributed by atoms with van der Waals surface area (Å²) in [6.45, 7) is 3.85. The van der Waals surface area contributed by atoms with E-state index < -0.39 is 23.8 Å². The number of fused-ring (bicyclic) bond motifs is 1. The fourth-order valence-corrected chi connectivity index (χ4v) is 3.66. The number of methoxy groups -OCH3 is 1. The lowest BCUT2D eigenvalue weighted by molar-refractivity contribution is -0.122. The smallest absolute Gasteiger partial charge is 0.254 e. The van der Waals surface area contributed by atoms with E-state index in [1.54, 1.807) is 54.3 Å². The zero-order chi connectivity index (χ0) is 22.8. The lowest BCUT2D eigenvalue weighted by Gasteiger charge is -2.16. The first-order valence-electron chi connectivity index (χ1n) is 10.1. The highest BCUT2D eigenvalue weighted by molar-refractivity contribution is 6.11. The Labute approximate surface area is 184 Å². The van der Waals surface area contributed by atoms with Crippen molar-refractivity contribution in [1.82, 2.24) is 15.1 Å². The summed E-state index contributed by atoms with van der Waals surface area (Å²) >= 11 is 0. The van der Waals surface area contributed by atoms with Gasteiger partial charge < -0.3 is 20.7 Å². The molecule has 3 aromatic rings. The van der Waals surface area contributed by atoms with Gasteiger partial charge in [0.15, 0.2) is 0 Å². The maximum atomic E-state index is 12.6. The standard InChI is InChI=1S/C23H23N5O4/c1-13-10-14(2)28(27-13)19-9-8-15(11-20(19)32-3)24-21(29)12-18-23(31)25-17-7-5-4-6-16(17)22(30)26-18/h4-11,18H,12H2,1-3H3,(H,24,29)(H,25,31)(H,26,30)/t18-/m0/s1.